The molecule has 30 heavy (non-hydrogen) atoms. The molecule has 4 nitrogen and oxygen atoms in total. The van der Waals surface area contributed by atoms with E-state index in [9.17, 15) is 0 Å². The maximum Gasteiger partial charge on any atom is 0.300 e. The zero-order valence-corrected chi connectivity index (χ0v) is 20.6. The van der Waals surface area contributed by atoms with Gasteiger partial charge in [0, 0.05) is 13.8 Å². The van der Waals surface area contributed by atoms with Crippen LogP contribution in [0.4, 0.5) is 0 Å². The topological polar surface area (TPSA) is 74.6 Å². The fraction of sp³-hybridized carbons (Fsp3) is 0.846. The molecule has 0 atom stereocenters. The molecule has 0 aliphatic heterocycles. The highest BCUT2D eigenvalue weighted by Gasteiger charge is 1.91. The van der Waals surface area contributed by atoms with E-state index in [4.69, 9.17) is 19.8 Å². The number of rotatable bonds is 18. The van der Waals surface area contributed by atoms with E-state index in [1.807, 2.05) is 0 Å². The Morgan fingerprint density at radius 3 is 0.933 bits per heavy atom. The van der Waals surface area contributed by atoms with Crippen molar-refractivity contribution in [2.45, 2.75) is 143 Å². The Kier molecular flexibility index (Phi) is 35.9. The highest BCUT2D eigenvalue weighted by atomic mass is 16.4. The van der Waals surface area contributed by atoms with Crippen LogP contribution in [-0.4, -0.2) is 22.2 Å². The predicted molar refractivity (Wildman–Crippen MR) is 130 cm³/mol. The number of carboxylic acids is 2. The quantitative estimate of drug-likeness (QED) is 0.169. The molecule has 0 spiro atoms. The first-order valence-electron chi connectivity index (χ1n) is 12.4. The van der Waals surface area contributed by atoms with Gasteiger partial charge in [0.25, 0.3) is 11.9 Å². The lowest BCUT2D eigenvalue weighted by molar-refractivity contribution is -0.135. The Hall–Kier alpha value is -1.32. The molecule has 0 aromatic heterocycles. The number of allylic oxidation sites excluding steroid dienone is 2. The van der Waals surface area contributed by atoms with Gasteiger partial charge in [0.2, 0.25) is 0 Å². The monoisotopic (exact) mass is 428 g/mol. The summed E-state index contributed by atoms with van der Waals surface area (Å²) < 4.78 is 0. The minimum absolute atomic E-state index is 0.833. The van der Waals surface area contributed by atoms with E-state index < -0.39 is 11.9 Å². The van der Waals surface area contributed by atoms with Crippen LogP contribution >= 0.6 is 0 Å². The van der Waals surface area contributed by atoms with Crippen molar-refractivity contribution in [2.75, 3.05) is 0 Å². The van der Waals surface area contributed by atoms with Crippen LogP contribution in [0.5, 0.6) is 0 Å². The van der Waals surface area contributed by atoms with Crippen molar-refractivity contribution < 1.29 is 19.8 Å². The second-order valence-corrected chi connectivity index (χ2v) is 8.04. The number of aliphatic carboxylic acids is 2. The molecule has 0 bridgehead atoms. The number of hydrogen-bond donors (Lipinski definition) is 2. The summed E-state index contributed by atoms with van der Waals surface area (Å²) in [6, 6.07) is 0. The molecule has 0 aliphatic rings. The van der Waals surface area contributed by atoms with Crippen LogP contribution in [-0.2, 0) is 9.59 Å². The lowest BCUT2D eigenvalue weighted by Crippen LogP contribution is -1.80. The van der Waals surface area contributed by atoms with Gasteiger partial charge in [-0.25, -0.2) is 0 Å². The molecule has 0 heterocycles. The fourth-order valence-electron chi connectivity index (χ4n) is 3.03. The van der Waals surface area contributed by atoms with E-state index in [2.05, 4.69) is 26.0 Å². The van der Waals surface area contributed by atoms with Gasteiger partial charge in [-0.1, -0.05) is 116 Å². The van der Waals surface area contributed by atoms with Crippen LogP contribution < -0.4 is 0 Å². The van der Waals surface area contributed by atoms with Gasteiger partial charge in [-0.05, 0) is 25.7 Å². The maximum atomic E-state index is 9.00. The molecule has 0 aliphatic carbocycles. The molecule has 0 amide bonds. The molecule has 0 saturated carbocycles. The highest BCUT2D eigenvalue weighted by molar-refractivity contribution is 5.63. The van der Waals surface area contributed by atoms with Crippen LogP contribution in [0.15, 0.2) is 12.2 Å². The molecule has 0 radical (unpaired) electrons. The lowest BCUT2D eigenvalue weighted by Gasteiger charge is -2.00. The average Bonchev–Trinajstić information content (AvgIpc) is 2.66. The van der Waals surface area contributed by atoms with Gasteiger partial charge in [0.05, 0.1) is 0 Å². The third-order valence-electron chi connectivity index (χ3n) is 4.62. The first-order chi connectivity index (χ1) is 14.4. The standard InChI is InChI=1S/C22H44.2C2H4O2/c1-3-5-7-9-11-13-15-17-19-21-22-20-18-16-14-12-10-8-6-4-2;2*1-2(3)4/h21-22H,3-20H2,1-2H3;2*1H3,(H,3,4). The molecule has 180 valence electrons. The minimum Gasteiger partial charge on any atom is -0.481 e. The molecular formula is C26H52O4. The van der Waals surface area contributed by atoms with Crippen LogP contribution in [0.3, 0.4) is 0 Å². The van der Waals surface area contributed by atoms with Gasteiger partial charge in [0.15, 0.2) is 0 Å². The Labute approximate surface area is 187 Å². The predicted octanol–water partition coefficient (Wildman–Crippen LogP) is 8.79. The van der Waals surface area contributed by atoms with Gasteiger partial charge < -0.3 is 10.2 Å². The summed E-state index contributed by atoms with van der Waals surface area (Å²) in [6.45, 7) is 6.75. The number of unbranched alkanes of at least 4 members (excludes halogenated alkanes) is 16. The first kappa shape index (κ1) is 33.3. The summed E-state index contributed by atoms with van der Waals surface area (Å²) in [5.74, 6) is -1.67. The highest BCUT2D eigenvalue weighted by Crippen LogP contribution is 2.11. The van der Waals surface area contributed by atoms with E-state index in [-0.39, 0.29) is 0 Å². The van der Waals surface area contributed by atoms with Crippen LogP contribution in [0, 0.1) is 0 Å². The van der Waals surface area contributed by atoms with E-state index >= 15 is 0 Å². The molecule has 0 rings (SSSR count). The van der Waals surface area contributed by atoms with Crippen molar-refractivity contribution in [3.05, 3.63) is 12.2 Å². The van der Waals surface area contributed by atoms with Gasteiger partial charge in [-0.2, -0.15) is 0 Å². The van der Waals surface area contributed by atoms with E-state index in [0.717, 1.165) is 13.8 Å². The SMILES string of the molecule is CC(=O)O.CC(=O)O.CCCCCCCCCCC=CCCCCCCCCCC. The smallest absolute Gasteiger partial charge is 0.300 e. The second-order valence-electron chi connectivity index (χ2n) is 8.04. The first-order valence-corrected chi connectivity index (χ1v) is 12.4. The van der Waals surface area contributed by atoms with Gasteiger partial charge in [-0.15, -0.1) is 0 Å². The molecule has 4 heteroatoms. The van der Waals surface area contributed by atoms with E-state index in [1.54, 1.807) is 0 Å². The van der Waals surface area contributed by atoms with Crippen LogP contribution in [0.1, 0.15) is 143 Å². The zero-order valence-electron chi connectivity index (χ0n) is 20.6. The maximum absolute atomic E-state index is 9.00. The third kappa shape index (κ3) is 56.3. The Bertz CT molecular complexity index is 322. The second kappa shape index (κ2) is 32.3. The summed E-state index contributed by atoms with van der Waals surface area (Å²) in [5.41, 5.74) is 0. The Morgan fingerprint density at radius 2 is 0.700 bits per heavy atom. The summed E-state index contributed by atoms with van der Waals surface area (Å²) in [7, 11) is 0. The largest absolute Gasteiger partial charge is 0.481 e. The minimum atomic E-state index is -0.833. The van der Waals surface area contributed by atoms with Crippen molar-refractivity contribution in [2.24, 2.45) is 0 Å². The molecular weight excluding hydrogens is 376 g/mol. The lowest BCUT2D eigenvalue weighted by atomic mass is 10.1. The summed E-state index contributed by atoms with van der Waals surface area (Å²) in [5, 5.41) is 14.8. The molecule has 0 fully saturated rings. The fourth-order valence-corrected chi connectivity index (χ4v) is 3.03. The normalized spacial score (nSPS) is 10.1. The van der Waals surface area contributed by atoms with Crippen molar-refractivity contribution in [3.63, 3.8) is 0 Å². The summed E-state index contributed by atoms with van der Waals surface area (Å²) in [6.07, 6.45) is 30.4. The molecule has 2 N–H and O–H groups in total. The third-order valence-corrected chi connectivity index (χ3v) is 4.62. The van der Waals surface area contributed by atoms with Gasteiger partial charge >= 0.3 is 0 Å². The summed E-state index contributed by atoms with van der Waals surface area (Å²) in [4.78, 5) is 18.0. The Morgan fingerprint density at radius 1 is 0.500 bits per heavy atom. The molecule has 0 unspecified atom stereocenters. The summed E-state index contributed by atoms with van der Waals surface area (Å²) >= 11 is 0. The van der Waals surface area contributed by atoms with Crippen molar-refractivity contribution in [3.8, 4) is 0 Å². The number of hydrogen-bond acceptors (Lipinski definition) is 2. The number of carboxylic acid groups (broad SMARTS) is 2. The number of carbonyl (C=O) groups is 2. The molecule has 0 saturated heterocycles. The molecule has 0 aromatic rings. The average molecular weight is 429 g/mol. The van der Waals surface area contributed by atoms with E-state index in [1.165, 1.54) is 116 Å². The van der Waals surface area contributed by atoms with Crippen molar-refractivity contribution in [1.29, 1.82) is 0 Å². The molecule has 0 aromatic carbocycles. The van der Waals surface area contributed by atoms with Crippen LogP contribution in [0.25, 0.3) is 0 Å². The van der Waals surface area contributed by atoms with E-state index in [0.29, 0.717) is 0 Å². The Balaban J connectivity index is -0.000000771. The van der Waals surface area contributed by atoms with Crippen molar-refractivity contribution >= 4 is 11.9 Å². The van der Waals surface area contributed by atoms with Crippen molar-refractivity contribution in [1.82, 2.24) is 0 Å². The van der Waals surface area contributed by atoms with Gasteiger partial charge in [-0.3, -0.25) is 9.59 Å². The zero-order chi connectivity index (χ0) is 23.3. The van der Waals surface area contributed by atoms with Gasteiger partial charge in [0.1, 0.15) is 0 Å². The van der Waals surface area contributed by atoms with Crippen LogP contribution in [0.2, 0.25) is 0 Å².